The molecule has 9 heteroatoms. The van der Waals surface area contributed by atoms with Gasteiger partial charge in [0, 0.05) is 22.7 Å². The summed E-state index contributed by atoms with van der Waals surface area (Å²) in [5.41, 5.74) is 5.05. The lowest BCUT2D eigenvalue weighted by molar-refractivity contribution is -0.121. The minimum atomic E-state index is -0.367. The summed E-state index contributed by atoms with van der Waals surface area (Å²) in [6.45, 7) is 5.63. The number of carbonyl (C=O) groups is 3. The number of ether oxygens (including phenoxy) is 1. The van der Waals surface area contributed by atoms with Crippen LogP contribution in [0.4, 0.5) is 17.2 Å². The van der Waals surface area contributed by atoms with Crippen LogP contribution in [0.25, 0.3) is 0 Å². The highest BCUT2D eigenvalue weighted by Gasteiger charge is 2.15. The van der Waals surface area contributed by atoms with Gasteiger partial charge >= 0.3 is 0 Å². The van der Waals surface area contributed by atoms with Gasteiger partial charge in [0.25, 0.3) is 17.7 Å². The normalized spacial score (nSPS) is 11.2. The molecule has 4 aromatic rings. The fraction of sp³-hybridized carbons (Fsp3) is 0.206. The van der Waals surface area contributed by atoms with Gasteiger partial charge < -0.3 is 20.7 Å². The van der Waals surface area contributed by atoms with Crippen molar-refractivity contribution in [2.75, 3.05) is 22.6 Å². The fourth-order valence-corrected chi connectivity index (χ4v) is 4.36. The maximum atomic E-state index is 13.2. The van der Waals surface area contributed by atoms with E-state index >= 15 is 0 Å². The Morgan fingerprint density at radius 3 is 2.33 bits per heavy atom. The van der Waals surface area contributed by atoms with Crippen molar-refractivity contribution < 1.29 is 19.1 Å². The van der Waals surface area contributed by atoms with Crippen molar-refractivity contribution in [1.82, 2.24) is 4.98 Å². The molecule has 1 aromatic heterocycles. The third-order valence-electron chi connectivity index (χ3n) is 6.63. The van der Waals surface area contributed by atoms with E-state index in [4.69, 9.17) is 10.00 Å². The van der Waals surface area contributed by atoms with Gasteiger partial charge in [0.2, 0.25) is 0 Å². The number of nitrogens with zero attached hydrogens (tertiary/aromatic N) is 2. The Morgan fingerprint density at radius 1 is 0.837 bits per heavy atom. The molecule has 1 heterocycles. The van der Waals surface area contributed by atoms with E-state index in [2.05, 4.69) is 27.0 Å². The second kappa shape index (κ2) is 14.5. The number of benzene rings is 3. The van der Waals surface area contributed by atoms with Crippen LogP contribution in [0.15, 0.2) is 85.1 Å². The second-order valence-electron chi connectivity index (χ2n) is 10.3. The van der Waals surface area contributed by atoms with Crippen LogP contribution in [0.3, 0.4) is 0 Å². The van der Waals surface area contributed by atoms with Crippen molar-refractivity contribution in [2.24, 2.45) is 5.92 Å². The molecule has 0 aliphatic carbocycles. The third kappa shape index (κ3) is 8.83. The van der Waals surface area contributed by atoms with E-state index < -0.39 is 0 Å². The van der Waals surface area contributed by atoms with Crippen LogP contribution in [-0.4, -0.2) is 29.3 Å². The van der Waals surface area contributed by atoms with Crippen LogP contribution in [-0.2, 0) is 22.6 Å². The van der Waals surface area contributed by atoms with Gasteiger partial charge in [0.1, 0.15) is 12.4 Å². The zero-order valence-electron chi connectivity index (χ0n) is 24.3. The Kier molecular flexibility index (Phi) is 10.3. The van der Waals surface area contributed by atoms with Crippen molar-refractivity contribution in [3.05, 3.63) is 118 Å². The summed E-state index contributed by atoms with van der Waals surface area (Å²) in [6.07, 6.45) is 2.02. The summed E-state index contributed by atoms with van der Waals surface area (Å²) in [6, 6.07) is 25.8. The fourth-order valence-electron chi connectivity index (χ4n) is 4.36. The topological polar surface area (TPSA) is 133 Å². The molecule has 3 N–H and O–H groups in total. The van der Waals surface area contributed by atoms with Crippen LogP contribution >= 0.6 is 0 Å². The first-order valence-electron chi connectivity index (χ1n) is 13.8. The molecule has 4 rings (SSSR count). The summed E-state index contributed by atoms with van der Waals surface area (Å²) < 4.78 is 5.48. The molecule has 3 aromatic carbocycles. The zero-order valence-corrected chi connectivity index (χ0v) is 24.3. The molecule has 3 amide bonds. The number of nitrogens with one attached hydrogen (secondary N) is 3. The van der Waals surface area contributed by atoms with E-state index in [0.29, 0.717) is 46.9 Å². The van der Waals surface area contributed by atoms with Crippen LogP contribution in [0.2, 0.25) is 0 Å². The summed E-state index contributed by atoms with van der Waals surface area (Å²) >= 11 is 0. The highest BCUT2D eigenvalue weighted by Crippen LogP contribution is 2.21. The first-order valence-corrected chi connectivity index (χ1v) is 13.8. The van der Waals surface area contributed by atoms with E-state index in [1.54, 1.807) is 49.4 Å². The maximum Gasteiger partial charge on any atom is 0.256 e. The molecule has 0 fully saturated rings. The van der Waals surface area contributed by atoms with Crippen molar-refractivity contribution in [1.29, 1.82) is 5.26 Å². The zero-order chi connectivity index (χ0) is 30.8. The number of hydrogen-bond donors (Lipinski definition) is 3. The standard InChI is InChI=1S/C34H33N5O4/c1-22(18-35)14-26-10-7-11-27(16-26)33(41)37-28-13-12-23(2)30(17-28)34(42)38-29-15-24(3)32(36-19-29)39-31(40)21-43-20-25-8-5-4-6-9-25/h4-13,15-17,19,22H,14,20-21H2,1-3H3,(H,37,41)(H,38,42)(H,36,39,40). The van der Waals surface area contributed by atoms with Gasteiger partial charge in [-0.2, -0.15) is 5.26 Å². The van der Waals surface area contributed by atoms with Crippen molar-refractivity contribution in [3.63, 3.8) is 0 Å². The van der Waals surface area contributed by atoms with Crippen molar-refractivity contribution in [2.45, 2.75) is 33.8 Å². The number of hydrogen-bond acceptors (Lipinski definition) is 6. The van der Waals surface area contributed by atoms with Crippen LogP contribution < -0.4 is 16.0 Å². The summed E-state index contributed by atoms with van der Waals surface area (Å²) in [4.78, 5) is 42.7. The number of carbonyl (C=O) groups excluding carboxylic acids is 3. The highest BCUT2D eigenvalue weighted by molar-refractivity contribution is 6.08. The Hall–Kier alpha value is -5.33. The smallest absolute Gasteiger partial charge is 0.256 e. The number of amides is 3. The lowest BCUT2D eigenvalue weighted by Gasteiger charge is -2.13. The molecule has 0 aliphatic rings. The molecule has 218 valence electrons. The number of nitriles is 1. The molecule has 0 saturated carbocycles. The summed E-state index contributed by atoms with van der Waals surface area (Å²) in [5, 5.41) is 17.5. The SMILES string of the molecule is Cc1ccc(NC(=O)c2cccc(CC(C)C#N)c2)cc1C(=O)Nc1cnc(NC(=O)COCc2ccccc2)c(C)c1. The lowest BCUT2D eigenvalue weighted by Crippen LogP contribution is -2.20. The summed E-state index contributed by atoms with van der Waals surface area (Å²) in [5.74, 6) is -0.798. The molecule has 0 aliphatic heterocycles. The van der Waals surface area contributed by atoms with Gasteiger partial charge in [-0.25, -0.2) is 4.98 Å². The quantitative estimate of drug-likeness (QED) is 0.199. The lowest BCUT2D eigenvalue weighted by atomic mass is 10.0. The molecule has 1 atom stereocenters. The first-order chi connectivity index (χ1) is 20.7. The molecule has 0 bridgehead atoms. The number of anilines is 3. The van der Waals surface area contributed by atoms with Gasteiger partial charge in [-0.15, -0.1) is 0 Å². The predicted molar refractivity (Wildman–Crippen MR) is 166 cm³/mol. The molecular formula is C34H33N5O4. The molecule has 0 saturated heterocycles. The molecule has 43 heavy (non-hydrogen) atoms. The second-order valence-corrected chi connectivity index (χ2v) is 10.3. The third-order valence-corrected chi connectivity index (χ3v) is 6.63. The molecule has 1 unspecified atom stereocenters. The van der Waals surface area contributed by atoms with Gasteiger partial charge in [-0.1, -0.05) is 48.5 Å². The largest absolute Gasteiger partial charge is 0.367 e. The predicted octanol–water partition coefficient (Wildman–Crippen LogP) is 6.06. The van der Waals surface area contributed by atoms with Gasteiger partial charge in [0.15, 0.2) is 0 Å². The first kappa shape index (κ1) is 30.6. The van der Waals surface area contributed by atoms with E-state index in [0.717, 1.165) is 16.7 Å². The molecule has 0 spiro atoms. The van der Waals surface area contributed by atoms with E-state index in [1.807, 2.05) is 50.2 Å². The van der Waals surface area contributed by atoms with Crippen LogP contribution in [0.1, 0.15) is 49.9 Å². The Morgan fingerprint density at radius 2 is 1.58 bits per heavy atom. The Balaban J connectivity index is 1.35. The molecular weight excluding hydrogens is 542 g/mol. The number of aromatic nitrogens is 1. The van der Waals surface area contributed by atoms with Crippen molar-refractivity contribution in [3.8, 4) is 6.07 Å². The van der Waals surface area contributed by atoms with Crippen LogP contribution in [0, 0.1) is 31.1 Å². The van der Waals surface area contributed by atoms with E-state index in [1.165, 1.54) is 6.20 Å². The van der Waals surface area contributed by atoms with E-state index in [-0.39, 0.29) is 30.2 Å². The van der Waals surface area contributed by atoms with Gasteiger partial charge in [0.05, 0.1) is 24.6 Å². The number of aryl methyl sites for hydroxylation is 2. The number of pyridine rings is 1. The Bertz CT molecular complexity index is 1660. The monoisotopic (exact) mass is 575 g/mol. The Labute approximate surface area is 250 Å². The maximum absolute atomic E-state index is 13.2. The van der Waals surface area contributed by atoms with Gasteiger partial charge in [-0.05, 0) is 79.8 Å². The minimum absolute atomic E-state index is 0.119. The average Bonchev–Trinajstić information content (AvgIpc) is 3.00. The van der Waals surface area contributed by atoms with Crippen LogP contribution in [0.5, 0.6) is 0 Å². The van der Waals surface area contributed by atoms with E-state index in [9.17, 15) is 14.4 Å². The minimum Gasteiger partial charge on any atom is -0.367 e. The number of rotatable bonds is 11. The molecule has 0 radical (unpaired) electrons. The average molecular weight is 576 g/mol. The summed E-state index contributed by atoms with van der Waals surface area (Å²) in [7, 11) is 0. The van der Waals surface area contributed by atoms with Crippen molar-refractivity contribution >= 4 is 34.9 Å². The van der Waals surface area contributed by atoms with Gasteiger partial charge in [-0.3, -0.25) is 14.4 Å². The highest BCUT2D eigenvalue weighted by atomic mass is 16.5. The molecule has 9 nitrogen and oxygen atoms in total.